The van der Waals surface area contributed by atoms with Crippen molar-refractivity contribution in [2.45, 2.75) is 104 Å². The van der Waals surface area contributed by atoms with Crippen LogP contribution in [0.25, 0.3) is 0 Å². The van der Waals surface area contributed by atoms with E-state index in [9.17, 15) is 0 Å². The largest absolute Gasteiger partial charge is 0.152 e. The van der Waals surface area contributed by atoms with Crippen LogP contribution >= 0.6 is 11.3 Å². The number of hydrogen-bond acceptors (Lipinski definition) is 1. The number of thiophene rings is 1. The van der Waals surface area contributed by atoms with Crippen LogP contribution in [0.4, 0.5) is 0 Å². The van der Waals surface area contributed by atoms with Gasteiger partial charge >= 0.3 is 0 Å². The maximum absolute atomic E-state index is 2.36. The Morgan fingerprint density at radius 3 is 1.62 bits per heavy atom. The lowest BCUT2D eigenvalue weighted by Gasteiger charge is -2.04. The zero-order valence-corrected chi connectivity index (χ0v) is 15.3. The Hall–Kier alpha value is -0.300. The molecule has 0 aliphatic rings. The predicted molar refractivity (Wildman–Crippen MR) is 98.5 cm³/mol. The first-order valence-electron chi connectivity index (χ1n) is 9.42. The van der Waals surface area contributed by atoms with Gasteiger partial charge in [-0.1, -0.05) is 84.5 Å². The Bertz CT molecular complexity index is 326. The summed E-state index contributed by atoms with van der Waals surface area (Å²) in [5, 5.41) is 4.69. The van der Waals surface area contributed by atoms with Crippen LogP contribution in [0.15, 0.2) is 10.8 Å². The average molecular weight is 309 g/mol. The van der Waals surface area contributed by atoms with Gasteiger partial charge in [-0.15, -0.1) is 0 Å². The van der Waals surface area contributed by atoms with E-state index in [2.05, 4.69) is 24.6 Å². The molecule has 122 valence electrons. The Morgan fingerprint density at radius 1 is 0.619 bits per heavy atom. The number of rotatable bonds is 14. The maximum atomic E-state index is 2.36. The molecule has 0 fully saturated rings. The normalized spacial score (nSPS) is 11.1. The van der Waals surface area contributed by atoms with Crippen LogP contribution < -0.4 is 0 Å². The van der Waals surface area contributed by atoms with Crippen molar-refractivity contribution in [2.75, 3.05) is 0 Å². The summed E-state index contributed by atoms with van der Waals surface area (Å²) in [4.78, 5) is 0. The Balaban J connectivity index is 1.83. The minimum atomic E-state index is 1.21. The van der Waals surface area contributed by atoms with Crippen molar-refractivity contribution in [3.8, 4) is 0 Å². The van der Waals surface area contributed by atoms with E-state index < -0.39 is 0 Å². The SMILES string of the molecule is CCCCCCCCCCCCCCc1cscc1CC. The van der Waals surface area contributed by atoms with Crippen LogP contribution in [0.2, 0.25) is 0 Å². The average Bonchev–Trinajstić information content (AvgIpc) is 2.96. The smallest absolute Gasteiger partial charge is 0.00584 e. The molecule has 0 aromatic carbocycles. The van der Waals surface area contributed by atoms with Crippen LogP contribution in [-0.4, -0.2) is 0 Å². The number of hydrogen-bond donors (Lipinski definition) is 0. The van der Waals surface area contributed by atoms with E-state index in [0.717, 1.165) is 0 Å². The van der Waals surface area contributed by atoms with Crippen molar-refractivity contribution in [1.82, 2.24) is 0 Å². The van der Waals surface area contributed by atoms with Crippen molar-refractivity contribution in [1.29, 1.82) is 0 Å². The fraction of sp³-hybridized carbons (Fsp3) is 0.800. The second kappa shape index (κ2) is 13.4. The highest BCUT2D eigenvalue weighted by Gasteiger charge is 2.01. The molecule has 1 rings (SSSR count). The first-order valence-corrected chi connectivity index (χ1v) is 10.4. The Morgan fingerprint density at radius 2 is 1.10 bits per heavy atom. The second-order valence-corrected chi connectivity index (χ2v) is 7.16. The highest BCUT2D eigenvalue weighted by molar-refractivity contribution is 7.08. The van der Waals surface area contributed by atoms with Crippen molar-refractivity contribution >= 4 is 11.3 Å². The number of aryl methyl sites for hydroxylation is 2. The van der Waals surface area contributed by atoms with E-state index in [1.807, 2.05) is 11.3 Å². The zero-order valence-electron chi connectivity index (χ0n) is 14.5. The second-order valence-electron chi connectivity index (χ2n) is 6.41. The molecule has 0 saturated heterocycles. The Labute approximate surface area is 137 Å². The van der Waals surface area contributed by atoms with Crippen molar-refractivity contribution in [3.05, 3.63) is 21.9 Å². The van der Waals surface area contributed by atoms with E-state index >= 15 is 0 Å². The van der Waals surface area contributed by atoms with Gasteiger partial charge in [0.15, 0.2) is 0 Å². The summed E-state index contributed by atoms with van der Waals surface area (Å²) >= 11 is 1.88. The fourth-order valence-corrected chi connectivity index (χ4v) is 4.02. The third-order valence-electron chi connectivity index (χ3n) is 4.51. The first-order chi connectivity index (χ1) is 10.4. The molecule has 0 N–H and O–H groups in total. The maximum Gasteiger partial charge on any atom is -0.00584 e. The van der Waals surface area contributed by atoms with Gasteiger partial charge in [-0.25, -0.2) is 0 Å². The van der Waals surface area contributed by atoms with Crippen LogP contribution in [0.3, 0.4) is 0 Å². The predicted octanol–water partition coefficient (Wildman–Crippen LogP) is 7.55. The van der Waals surface area contributed by atoms with Gasteiger partial charge in [0, 0.05) is 0 Å². The van der Waals surface area contributed by atoms with Gasteiger partial charge in [0.2, 0.25) is 0 Å². The van der Waals surface area contributed by atoms with Gasteiger partial charge in [-0.05, 0) is 41.1 Å². The summed E-state index contributed by atoms with van der Waals surface area (Å²) in [6.45, 7) is 4.56. The minimum Gasteiger partial charge on any atom is -0.152 e. The van der Waals surface area contributed by atoms with Crippen LogP contribution in [0, 0.1) is 0 Å². The molecule has 0 unspecified atom stereocenters. The number of unbranched alkanes of at least 4 members (excludes halogenated alkanes) is 11. The van der Waals surface area contributed by atoms with Gasteiger partial charge in [0.1, 0.15) is 0 Å². The van der Waals surface area contributed by atoms with Gasteiger partial charge < -0.3 is 0 Å². The molecular formula is C20H36S. The molecule has 0 saturated carbocycles. The lowest BCUT2D eigenvalue weighted by atomic mass is 10.0. The van der Waals surface area contributed by atoms with Gasteiger partial charge in [-0.3, -0.25) is 0 Å². The van der Waals surface area contributed by atoms with Crippen LogP contribution in [0.5, 0.6) is 0 Å². The summed E-state index contributed by atoms with van der Waals surface area (Å²) in [7, 11) is 0. The standard InChI is InChI=1S/C20H36S/c1-3-5-6-7-8-9-10-11-12-13-14-15-16-20-18-21-17-19(20)4-2/h17-18H,3-16H2,1-2H3. The van der Waals surface area contributed by atoms with E-state index in [4.69, 9.17) is 0 Å². The third-order valence-corrected chi connectivity index (χ3v) is 5.35. The third kappa shape index (κ3) is 9.34. The molecule has 1 heteroatoms. The van der Waals surface area contributed by atoms with Crippen molar-refractivity contribution < 1.29 is 0 Å². The van der Waals surface area contributed by atoms with Gasteiger partial charge in [0.25, 0.3) is 0 Å². The lowest BCUT2D eigenvalue weighted by molar-refractivity contribution is 0.544. The zero-order chi connectivity index (χ0) is 15.2. The minimum absolute atomic E-state index is 1.21. The molecule has 0 aliphatic heterocycles. The highest BCUT2D eigenvalue weighted by Crippen LogP contribution is 2.19. The summed E-state index contributed by atoms with van der Waals surface area (Å²) in [6.07, 6.45) is 19.8. The molecule has 0 atom stereocenters. The molecule has 0 bridgehead atoms. The summed E-state index contributed by atoms with van der Waals surface area (Å²) in [5.74, 6) is 0. The molecule has 1 aromatic heterocycles. The molecular weight excluding hydrogens is 272 g/mol. The van der Waals surface area contributed by atoms with E-state index in [0.29, 0.717) is 0 Å². The van der Waals surface area contributed by atoms with E-state index in [1.165, 1.54) is 89.9 Å². The molecule has 21 heavy (non-hydrogen) atoms. The molecule has 1 aromatic rings. The lowest BCUT2D eigenvalue weighted by Crippen LogP contribution is -1.89. The molecule has 1 heterocycles. The quantitative estimate of drug-likeness (QED) is 0.311. The molecule has 0 aliphatic carbocycles. The molecule has 0 spiro atoms. The van der Waals surface area contributed by atoms with Crippen LogP contribution in [0.1, 0.15) is 102 Å². The topological polar surface area (TPSA) is 0 Å². The van der Waals surface area contributed by atoms with E-state index in [-0.39, 0.29) is 0 Å². The van der Waals surface area contributed by atoms with Gasteiger partial charge in [-0.2, -0.15) is 11.3 Å². The monoisotopic (exact) mass is 308 g/mol. The molecule has 0 amide bonds. The van der Waals surface area contributed by atoms with Crippen molar-refractivity contribution in [2.24, 2.45) is 0 Å². The molecule has 0 radical (unpaired) electrons. The van der Waals surface area contributed by atoms with Crippen LogP contribution in [-0.2, 0) is 12.8 Å². The van der Waals surface area contributed by atoms with E-state index in [1.54, 1.807) is 11.1 Å². The van der Waals surface area contributed by atoms with Crippen molar-refractivity contribution in [3.63, 3.8) is 0 Å². The fourth-order valence-electron chi connectivity index (χ4n) is 3.04. The molecule has 0 nitrogen and oxygen atoms in total. The summed E-state index contributed by atoms with van der Waals surface area (Å²) in [6, 6.07) is 0. The highest BCUT2D eigenvalue weighted by atomic mass is 32.1. The summed E-state index contributed by atoms with van der Waals surface area (Å²) in [5.41, 5.74) is 3.21. The summed E-state index contributed by atoms with van der Waals surface area (Å²) < 4.78 is 0. The Kier molecular flexibility index (Phi) is 11.9. The first kappa shape index (κ1) is 18.7. The van der Waals surface area contributed by atoms with Gasteiger partial charge in [0.05, 0.1) is 0 Å².